The maximum absolute atomic E-state index is 11.4. The molecule has 5 nitrogen and oxygen atoms in total. The van der Waals surface area contributed by atoms with Crippen molar-refractivity contribution in [2.75, 3.05) is 0 Å². The van der Waals surface area contributed by atoms with E-state index in [9.17, 15) is 14.7 Å². The first-order chi connectivity index (χ1) is 9.80. The highest BCUT2D eigenvalue weighted by molar-refractivity contribution is 5.86. The number of aliphatic carboxylic acids is 1. The molecule has 0 radical (unpaired) electrons. The first kappa shape index (κ1) is 8.74. The summed E-state index contributed by atoms with van der Waals surface area (Å²) >= 11 is 0. The highest BCUT2D eigenvalue weighted by atomic mass is 16.4. The van der Waals surface area contributed by atoms with Gasteiger partial charge in [0.2, 0.25) is 5.91 Å². The van der Waals surface area contributed by atoms with Gasteiger partial charge in [0.05, 0.1) is 1.37 Å². The fraction of sp³-hybridized carbons (Fsp3) is 0.231. The summed E-state index contributed by atoms with van der Waals surface area (Å²) in [5, 5.41) is 9.87. The van der Waals surface area contributed by atoms with Gasteiger partial charge in [-0.15, -0.1) is 0 Å². The third-order valence-corrected chi connectivity index (χ3v) is 2.41. The van der Waals surface area contributed by atoms with Crippen molar-refractivity contribution in [3.63, 3.8) is 0 Å². The van der Waals surface area contributed by atoms with Crippen molar-refractivity contribution in [3.05, 3.63) is 36.0 Å². The number of carboxylic acid groups (broad SMARTS) is 1. The molecule has 1 aromatic heterocycles. The fourth-order valence-corrected chi connectivity index (χ4v) is 1.67. The number of amides is 1. The number of carbonyl (C=O) groups excluding carboxylic acids is 1. The minimum atomic E-state index is -2.73. The minimum absolute atomic E-state index is 0.0226. The standard InChI is InChI=1S/C13H14N2O3/c1-8(16)15-12(13(17)18)6-9-7-14-11-5-3-2-4-10(9)11/h2-5,7,12,14H,6H2,1H3,(H,15,16)(H,17,18)/t12-/m0/s1/i6D,12D/hD/t6?,12-. The molecule has 2 aromatic rings. The zero-order valence-electron chi connectivity index (χ0n) is 12.7. The second-order valence-electron chi connectivity index (χ2n) is 3.76. The molecule has 0 bridgehead atoms. The molecular weight excluding hydrogens is 232 g/mol. The van der Waals surface area contributed by atoms with Gasteiger partial charge >= 0.3 is 5.97 Å². The van der Waals surface area contributed by atoms with E-state index in [4.69, 9.17) is 4.15 Å². The minimum Gasteiger partial charge on any atom is -0.480 e. The van der Waals surface area contributed by atoms with Gasteiger partial charge in [-0.3, -0.25) is 4.79 Å². The fourth-order valence-electron chi connectivity index (χ4n) is 1.67. The Morgan fingerprint density at radius 1 is 1.61 bits per heavy atom. The predicted molar refractivity (Wildman–Crippen MR) is 67.2 cm³/mol. The van der Waals surface area contributed by atoms with E-state index in [1.54, 1.807) is 24.3 Å². The van der Waals surface area contributed by atoms with Gasteiger partial charge in [-0.25, -0.2) is 4.79 Å². The normalized spacial score (nSPS) is 18.2. The predicted octanol–water partition coefficient (Wildman–Crippen LogP) is 1.30. The zero-order chi connectivity index (χ0) is 15.8. The largest absolute Gasteiger partial charge is 0.480 e. The Morgan fingerprint density at radius 3 is 3.00 bits per heavy atom. The summed E-state index contributed by atoms with van der Waals surface area (Å²) in [7, 11) is 0. The van der Waals surface area contributed by atoms with E-state index in [-0.39, 0.29) is 10.9 Å². The van der Waals surface area contributed by atoms with Crippen LogP contribution in [-0.4, -0.2) is 28.0 Å². The van der Waals surface area contributed by atoms with Gasteiger partial charge < -0.3 is 15.4 Å². The van der Waals surface area contributed by atoms with E-state index >= 15 is 0 Å². The number of aromatic amines is 1. The average molecular weight is 249 g/mol. The van der Waals surface area contributed by atoms with E-state index < -0.39 is 24.3 Å². The van der Waals surface area contributed by atoms with Gasteiger partial charge in [0, 0.05) is 31.8 Å². The lowest BCUT2D eigenvalue weighted by molar-refractivity contribution is -0.141. The maximum Gasteiger partial charge on any atom is 0.326 e. The molecule has 0 aliphatic heterocycles. The smallest absolute Gasteiger partial charge is 0.326 e. The number of rotatable bonds is 4. The van der Waals surface area contributed by atoms with Crippen LogP contribution in [0.5, 0.6) is 0 Å². The number of fused-ring (bicyclic) bond motifs is 1. The number of carboxylic acids is 1. The van der Waals surface area contributed by atoms with Crippen molar-refractivity contribution in [1.29, 1.82) is 0 Å². The number of benzene rings is 1. The Hall–Kier alpha value is -2.30. The lowest BCUT2D eigenvalue weighted by atomic mass is 10.1. The number of hydrogen-bond donors (Lipinski definition) is 3. The number of H-pyrrole nitrogens is 1. The van der Waals surface area contributed by atoms with Gasteiger partial charge in [-0.2, -0.15) is 0 Å². The molecule has 94 valence electrons. The molecule has 0 fully saturated rings. The van der Waals surface area contributed by atoms with Crippen molar-refractivity contribution >= 4 is 22.8 Å². The first-order valence-corrected chi connectivity index (χ1v) is 5.31. The van der Waals surface area contributed by atoms with Gasteiger partial charge in [0.1, 0.15) is 6.02 Å². The van der Waals surface area contributed by atoms with Crippen molar-refractivity contribution in [1.82, 2.24) is 10.3 Å². The highest BCUT2D eigenvalue weighted by Crippen LogP contribution is 2.19. The Kier molecular flexibility index (Phi) is 2.39. The van der Waals surface area contributed by atoms with E-state index in [1.165, 1.54) is 6.20 Å². The SMILES string of the molecule is [2H]C(c1c[nH]c2ccccc12)[C@@]([2H])(C(=O)O)N([2H])C(C)=O. The lowest BCUT2D eigenvalue weighted by Crippen LogP contribution is -2.41. The van der Waals surface area contributed by atoms with Gasteiger partial charge in [0.15, 0.2) is 1.41 Å². The Labute approximate surface area is 108 Å². The number of para-hydroxylation sites is 1. The van der Waals surface area contributed by atoms with Crippen molar-refractivity contribution in [2.45, 2.75) is 19.3 Å². The number of carbonyl (C=O) groups is 2. The topological polar surface area (TPSA) is 82.2 Å². The van der Waals surface area contributed by atoms with Crippen LogP contribution >= 0.6 is 0 Å². The molecule has 1 amide bonds. The molecule has 1 aromatic carbocycles. The van der Waals surface area contributed by atoms with Crippen molar-refractivity contribution in [3.8, 4) is 0 Å². The summed E-state index contributed by atoms with van der Waals surface area (Å²) in [6.07, 6.45) is -0.199. The molecule has 0 aliphatic carbocycles. The summed E-state index contributed by atoms with van der Waals surface area (Å²) in [5.41, 5.74) is 0.943. The molecule has 0 saturated carbocycles. The van der Waals surface area contributed by atoms with Crippen LogP contribution in [0.3, 0.4) is 0 Å². The van der Waals surface area contributed by atoms with Crippen molar-refractivity contribution < 1.29 is 18.8 Å². The summed E-state index contributed by atoms with van der Waals surface area (Å²) < 4.78 is 23.6. The molecule has 2 atom stereocenters. The number of hydrogen-bond acceptors (Lipinski definition) is 2. The lowest BCUT2D eigenvalue weighted by Gasteiger charge is -2.12. The average Bonchev–Trinajstić information content (AvgIpc) is 2.88. The van der Waals surface area contributed by atoms with Crippen LogP contribution in [-0.2, 0) is 16.0 Å². The zero-order valence-corrected chi connectivity index (χ0v) is 9.68. The highest BCUT2D eigenvalue weighted by Gasteiger charge is 2.20. The second kappa shape index (κ2) is 4.91. The number of aromatic nitrogens is 1. The summed E-state index contributed by atoms with van der Waals surface area (Å²) in [4.78, 5) is 25.6. The van der Waals surface area contributed by atoms with E-state index in [0.717, 1.165) is 6.92 Å². The van der Waals surface area contributed by atoms with E-state index in [0.29, 0.717) is 10.9 Å². The van der Waals surface area contributed by atoms with Gasteiger partial charge in [-0.1, -0.05) is 18.2 Å². The summed E-state index contributed by atoms with van der Waals surface area (Å²) in [6.45, 7) is 0.987. The molecule has 3 N–H and O–H groups in total. The molecule has 18 heavy (non-hydrogen) atoms. The van der Waals surface area contributed by atoms with Crippen LogP contribution in [0.15, 0.2) is 30.5 Å². The molecule has 1 heterocycles. The summed E-state index contributed by atoms with van der Waals surface area (Å²) in [6, 6.07) is 4.21. The van der Waals surface area contributed by atoms with Gasteiger partial charge in [-0.05, 0) is 11.6 Å². The van der Waals surface area contributed by atoms with Crippen LogP contribution in [0.1, 0.15) is 15.2 Å². The number of nitrogens with one attached hydrogen (secondary N) is 2. The van der Waals surface area contributed by atoms with Crippen LogP contribution in [0.25, 0.3) is 10.9 Å². The Morgan fingerprint density at radius 2 is 2.33 bits per heavy atom. The molecular formula is C13H14N2O3. The quantitative estimate of drug-likeness (QED) is 0.763. The maximum atomic E-state index is 11.4. The molecule has 2 rings (SSSR count). The summed E-state index contributed by atoms with van der Waals surface area (Å²) in [5.74, 6) is -2.64. The Bertz CT molecular complexity index is 703. The first-order valence-electron chi connectivity index (χ1n) is 6.84. The third-order valence-electron chi connectivity index (χ3n) is 2.41. The van der Waals surface area contributed by atoms with Crippen LogP contribution in [0.2, 0.25) is 1.41 Å². The van der Waals surface area contributed by atoms with Crippen LogP contribution < -0.4 is 5.31 Å². The second-order valence-corrected chi connectivity index (χ2v) is 3.76. The molecule has 1 unspecified atom stereocenters. The van der Waals surface area contributed by atoms with E-state index in [2.05, 4.69) is 4.98 Å². The molecule has 5 heteroatoms. The van der Waals surface area contributed by atoms with E-state index in [1.807, 2.05) is 0 Å². The van der Waals surface area contributed by atoms with Crippen LogP contribution in [0, 0.1) is 0 Å². The monoisotopic (exact) mass is 249 g/mol. The van der Waals surface area contributed by atoms with Crippen molar-refractivity contribution in [2.24, 2.45) is 0 Å². The molecule has 0 spiro atoms. The van der Waals surface area contributed by atoms with Crippen LogP contribution in [0.4, 0.5) is 0 Å². The third kappa shape index (κ3) is 2.51. The molecule has 0 aliphatic rings. The Balaban J connectivity index is 2.56. The van der Waals surface area contributed by atoms with Gasteiger partial charge in [0.25, 0.3) is 0 Å². The molecule has 0 saturated heterocycles.